The zero-order valence-electron chi connectivity index (χ0n) is 20.1. The smallest absolute Gasteiger partial charge is 0.263 e. The Morgan fingerprint density at radius 2 is 1.85 bits per heavy atom. The van der Waals surface area contributed by atoms with Crippen LogP contribution in [0.1, 0.15) is 48.2 Å². The molecule has 33 heavy (non-hydrogen) atoms. The first-order valence-electron chi connectivity index (χ1n) is 11.9. The molecule has 3 heterocycles. The lowest BCUT2D eigenvalue weighted by atomic mass is 10.00. The van der Waals surface area contributed by atoms with Crippen LogP contribution >= 0.6 is 0 Å². The van der Waals surface area contributed by atoms with Crippen molar-refractivity contribution in [3.63, 3.8) is 0 Å². The molecule has 2 aliphatic rings. The molecule has 0 spiro atoms. The molecule has 1 atom stereocenters. The Hall–Kier alpha value is -2.39. The van der Waals surface area contributed by atoms with Crippen molar-refractivity contribution in [2.24, 2.45) is 5.92 Å². The van der Waals surface area contributed by atoms with E-state index in [4.69, 9.17) is 0 Å². The van der Waals surface area contributed by atoms with Gasteiger partial charge >= 0.3 is 0 Å². The van der Waals surface area contributed by atoms with Gasteiger partial charge in [-0.2, -0.15) is 9.40 Å². The second-order valence-corrected chi connectivity index (χ2v) is 11.2. The number of hydrogen-bond donors (Lipinski definition) is 0. The average molecular weight is 474 g/mol. The molecule has 4 rings (SSSR count). The van der Waals surface area contributed by atoms with Gasteiger partial charge in [0.2, 0.25) is 5.03 Å². The fourth-order valence-corrected chi connectivity index (χ4v) is 6.31. The van der Waals surface area contributed by atoms with Gasteiger partial charge in [0.25, 0.3) is 15.9 Å². The minimum absolute atomic E-state index is 0.104. The van der Waals surface area contributed by atoms with E-state index < -0.39 is 10.0 Å². The number of rotatable bonds is 5. The predicted molar refractivity (Wildman–Crippen MR) is 129 cm³/mol. The highest BCUT2D eigenvalue weighted by molar-refractivity contribution is 7.89. The van der Waals surface area contributed by atoms with Crippen LogP contribution in [0.5, 0.6) is 0 Å². The zero-order chi connectivity index (χ0) is 23.8. The van der Waals surface area contributed by atoms with E-state index in [2.05, 4.69) is 49.0 Å². The maximum absolute atomic E-state index is 13.6. The average Bonchev–Trinajstić information content (AvgIpc) is 3.26. The Bertz CT molecular complexity index is 1120. The molecule has 1 aromatic carbocycles. The Morgan fingerprint density at radius 1 is 1.12 bits per heavy atom. The zero-order valence-corrected chi connectivity index (χ0v) is 20.9. The van der Waals surface area contributed by atoms with Gasteiger partial charge in [0.1, 0.15) is 0 Å². The molecule has 9 heteroatoms. The van der Waals surface area contributed by atoms with Gasteiger partial charge in [-0.15, -0.1) is 0 Å². The van der Waals surface area contributed by atoms with E-state index in [1.807, 2.05) is 6.92 Å². The maximum atomic E-state index is 13.6. The predicted octanol–water partition coefficient (Wildman–Crippen LogP) is 2.90. The summed E-state index contributed by atoms with van der Waals surface area (Å²) in [4.78, 5) is 17.3. The van der Waals surface area contributed by atoms with Crippen LogP contribution in [-0.2, 0) is 16.6 Å². The van der Waals surface area contributed by atoms with Crippen molar-refractivity contribution in [2.45, 2.75) is 52.1 Å². The first-order chi connectivity index (χ1) is 15.7. The van der Waals surface area contributed by atoms with Gasteiger partial charge in [-0.25, -0.2) is 8.42 Å². The number of benzene rings is 1. The fraction of sp³-hybridized carbons (Fsp3) is 0.583. The molecule has 0 unspecified atom stereocenters. The van der Waals surface area contributed by atoms with Gasteiger partial charge < -0.3 is 9.80 Å². The molecule has 0 N–H and O–H groups in total. The van der Waals surface area contributed by atoms with Crippen molar-refractivity contribution in [3.8, 4) is 0 Å². The van der Waals surface area contributed by atoms with E-state index in [-0.39, 0.29) is 16.5 Å². The lowest BCUT2D eigenvalue weighted by Gasteiger charge is -2.36. The van der Waals surface area contributed by atoms with Gasteiger partial charge in [0.15, 0.2) is 0 Å². The molecule has 8 nitrogen and oxygen atoms in total. The first kappa shape index (κ1) is 23.8. The maximum Gasteiger partial charge on any atom is 0.263 e. The van der Waals surface area contributed by atoms with Crippen LogP contribution in [0.15, 0.2) is 29.4 Å². The highest BCUT2D eigenvalue weighted by atomic mass is 32.2. The minimum atomic E-state index is -3.88. The monoisotopic (exact) mass is 473 g/mol. The molecule has 2 aliphatic heterocycles. The van der Waals surface area contributed by atoms with E-state index in [0.29, 0.717) is 51.7 Å². The van der Waals surface area contributed by atoms with Crippen LogP contribution in [-0.4, -0.2) is 72.6 Å². The van der Waals surface area contributed by atoms with E-state index in [1.54, 1.807) is 15.8 Å². The van der Waals surface area contributed by atoms with Crippen molar-refractivity contribution < 1.29 is 13.2 Å². The number of piperazine rings is 1. The third kappa shape index (κ3) is 4.80. The summed E-state index contributed by atoms with van der Waals surface area (Å²) < 4.78 is 30.3. The van der Waals surface area contributed by atoms with Gasteiger partial charge in [-0.05, 0) is 56.7 Å². The standard InChI is InChI=1S/C24H35N5O3S/c1-5-28-17-21(24(30)27-10-6-7-19(3)16-27)23(25-28)33(31,32)29-13-11-26(12-14-29)22-15-18(2)8-9-20(22)4/h8-9,15,17,19H,5-7,10-14,16H2,1-4H3/t19-/m1/s1. The Labute approximate surface area is 197 Å². The molecule has 1 amide bonds. The molecule has 2 aromatic rings. The Morgan fingerprint density at radius 3 is 2.52 bits per heavy atom. The number of carbonyl (C=O) groups is 1. The number of likely N-dealkylation sites (tertiary alicyclic amines) is 1. The van der Waals surface area contributed by atoms with E-state index in [0.717, 1.165) is 18.5 Å². The van der Waals surface area contributed by atoms with Gasteiger partial charge in [-0.1, -0.05) is 19.1 Å². The normalized spacial score (nSPS) is 20.3. The van der Waals surface area contributed by atoms with Crippen molar-refractivity contribution in [3.05, 3.63) is 41.1 Å². The number of piperidine rings is 1. The summed E-state index contributed by atoms with van der Waals surface area (Å²) in [6, 6.07) is 6.34. The van der Waals surface area contributed by atoms with E-state index >= 15 is 0 Å². The summed E-state index contributed by atoms with van der Waals surface area (Å²) in [7, 11) is -3.88. The summed E-state index contributed by atoms with van der Waals surface area (Å²) in [6.45, 7) is 11.9. The number of nitrogens with zero attached hydrogens (tertiary/aromatic N) is 5. The van der Waals surface area contributed by atoms with E-state index in [1.165, 1.54) is 15.4 Å². The largest absolute Gasteiger partial charge is 0.369 e. The summed E-state index contributed by atoms with van der Waals surface area (Å²) in [5, 5.41) is 4.24. The molecule has 0 aliphatic carbocycles. The molecule has 180 valence electrons. The SMILES string of the molecule is CCn1cc(C(=O)N2CCC[C@@H](C)C2)c(S(=O)(=O)N2CCN(c3cc(C)ccc3C)CC2)n1. The molecular weight excluding hydrogens is 438 g/mol. The Kier molecular flexibility index (Phi) is 6.81. The lowest BCUT2D eigenvalue weighted by Crippen LogP contribution is -2.49. The van der Waals surface area contributed by atoms with Crippen molar-refractivity contribution in [1.29, 1.82) is 0 Å². The lowest BCUT2D eigenvalue weighted by molar-refractivity contribution is 0.0679. The molecule has 0 radical (unpaired) electrons. The van der Waals surface area contributed by atoms with E-state index in [9.17, 15) is 13.2 Å². The van der Waals surface area contributed by atoms with Gasteiger partial charge in [-0.3, -0.25) is 9.48 Å². The first-order valence-corrected chi connectivity index (χ1v) is 13.3. The number of amides is 1. The number of anilines is 1. The van der Waals surface area contributed by atoms with Crippen LogP contribution in [0, 0.1) is 19.8 Å². The van der Waals surface area contributed by atoms with Crippen molar-refractivity contribution in [1.82, 2.24) is 19.0 Å². The van der Waals surface area contributed by atoms with Crippen LogP contribution < -0.4 is 4.90 Å². The highest BCUT2D eigenvalue weighted by Gasteiger charge is 2.36. The quantitative estimate of drug-likeness (QED) is 0.667. The molecule has 1 aromatic heterocycles. The topological polar surface area (TPSA) is 78.8 Å². The minimum Gasteiger partial charge on any atom is -0.369 e. The molecular formula is C24H35N5O3S. The summed E-state index contributed by atoms with van der Waals surface area (Å²) in [5.74, 6) is 0.191. The van der Waals surface area contributed by atoms with Crippen LogP contribution in [0.3, 0.4) is 0 Å². The number of aromatic nitrogens is 2. The van der Waals surface area contributed by atoms with Crippen LogP contribution in [0.25, 0.3) is 0 Å². The highest BCUT2D eigenvalue weighted by Crippen LogP contribution is 2.27. The third-order valence-corrected chi connectivity index (χ3v) is 8.59. The Balaban J connectivity index is 1.56. The molecule has 0 saturated carbocycles. The van der Waals surface area contributed by atoms with Crippen molar-refractivity contribution >= 4 is 21.6 Å². The number of hydrogen-bond acceptors (Lipinski definition) is 5. The van der Waals surface area contributed by atoms with Gasteiger partial charge in [0, 0.05) is 57.7 Å². The summed E-state index contributed by atoms with van der Waals surface area (Å²) in [5.41, 5.74) is 3.72. The number of sulfonamides is 1. The second kappa shape index (κ2) is 9.46. The van der Waals surface area contributed by atoms with Crippen LogP contribution in [0.2, 0.25) is 0 Å². The van der Waals surface area contributed by atoms with Gasteiger partial charge in [0.05, 0.1) is 5.56 Å². The summed E-state index contributed by atoms with van der Waals surface area (Å²) >= 11 is 0. The number of carbonyl (C=O) groups excluding carboxylic acids is 1. The third-order valence-electron chi connectivity index (χ3n) is 6.75. The molecule has 2 saturated heterocycles. The summed E-state index contributed by atoms with van der Waals surface area (Å²) in [6.07, 6.45) is 3.63. The molecule has 0 bridgehead atoms. The second-order valence-electron chi connectivity index (χ2n) is 9.38. The molecule has 2 fully saturated rings. The number of aryl methyl sites for hydroxylation is 3. The fourth-order valence-electron chi connectivity index (χ4n) is 4.80. The van der Waals surface area contributed by atoms with Crippen molar-refractivity contribution in [2.75, 3.05) is 44.2 Å². The van der Waals surface area contributed by atoms with Crippen LogP contribution in [0.4, 0.5) is 5.69 Å².